The lowest BCUT2D eigenvalue weighted by Crippen LogP contribution is -2.12. The molecule has 0 bridgehead atoms. The highest BCUT2D eigenvalue weighted by atomic mass is 15.2. The van der Waals surface area contributed by atoms with Crippen molar-refractivity contribution < 1.29 is 0 Å². The van der Waals surface area contributed by atoms with Crippen LogP contribution in [0.15, 0.2) is 74.0 Å². The molecule has 1 aliphatic rings. The molecule has 0 atom stereocenters. The molecule has 0 unspecified atom stereocenters. The molecule has 4 aromatic rings. The van der Waals surface area contributed by atoms with Gasteiger partial charge in [0.25, 0.3) is 0 Å². The van der Waals surface area contributed by atoms with Gasteiger partial charge in [-0.05, 0) is 41.5 Å². The SMILES string of the molecule is C=C1c2cc(-c3cncnc3)ccc2CN1c1ccc2c(ccn2C)c1. The normalized spacial score (nSPS) is 13.4. The van der Waals surface area contributed by atoms with E-state index in [0.717, 1.165) is 23.4 Å². The summed E-state index contributed by atoms with van der Waals surface area (Å²) in [6.45, 7) is 5.21. The standard InChI is InChI=1S/C22H18N4/c1-15-21-10-16(19-11-23-14-24-12-19)3-4-18(21)13-26(15)20-5-6-22-17(9-20)7-8-25(22)2/h3-12,14H,1,13H2,2H3. The Morgan fingerprint density at radius 1 is 0.962 bits per heavy atom. The third-order valence-corrected chi connectivity index (χ3v) is 5.15. The van der Waals surface area contributed by atoms with E-state index in [1.165, 1.54) is 27.7 Å². The molecule has 0 radical (unpaired) electrons. The minimum absolute atomic E-state index is 0.845. The number of nitrogens with zero attached hydrogens (tertiary/aromatic N) is 4. The molecule has 0 aliphatic carbocycles. The summed E-state index contributed by atoms with van der Waals surface area (Å²) in [6, 6.07) is 15.2. The smallest absolute Gasteiger partial charge is 0.115 e. The quantitative estimate of drug-likeness (QED) is 0.534. The number of fused-ring (bicyclic) bond motifs is 2. The van der Waals surface area contributed by atoms with E-state index in [-0.39, 0.29) is 0 Å². The Kier molecular flexibility index (Phi) is 3.19. The molecule has 0 saturated heterocycles. The Morgan fingerprint density at radius 2 is 1.81 bits per heavy atom. The molecular formula is C22H18N4. The summed E-state index contributed by atoms with van der Waals surface area (Å²) in [7, 11) is 2.07. The molecule has 4 nitrogen and oxygen atoms in total. The molecule has 2 aromatic carbocycles. The van der Waals surface area contributed by atoms with E-state index in [9.17, 15) is 0 Å². The number of hydrogen-bond acceptors (Lipinski definition) is 3. The van der Waals surface area contributed by atoms with Gasteiger partial charge in [-0.25, -0.2) is 9.97 Å². The van der Waals surface area contributed by atoms with Crippen molar-refractivity contribution in [2.24, 2.45) is 7.05 Å². The predicted octanol–water partition coefficient (Wildman–Crippen LogP) is 4.63. The van der Waals surface area contributed by atoms with Crippen molar-refractivity contribution in [2.75, 3.05) is 4.90 Å². The fourth-order valence-corrected chi connectivity index (χ4v) is 3.71. The molecule has 2 aromatic heterocycles. The Balaban J connectivity index is 1.53. The van der Waals surface area contributed by atoms with E-state index in [1.54, 1.807) is 6.33 Å². The van der Waals surface area contributed by atoms with Crippen molar-refractivity contribution >= 4 is 22.3 Å². The summed E-state index contributed by atoms with van der Waals surface area (Å²) in [5, 5.41) is 1.25. The van der Waals surface area contributed by atoms with Crippen LogP contribution < -0.4 is 4.90 Å². The average molecular weight is 338 g/mol. The van der Waals surface area contributed by atoms with Gasteiger partial charge in [-0.15, -0.1) is 0 Å². The molecule has 1 aliphatic heterocycles. The summed E-state index contributed by atoms with van der Waals surface area (Å²) in [4.78, 5) is 10.5. The lowest BCUT2D eigenvalue weighted by atomic mass is 10.0. The second-order valence-corrected chi connectivity index (χ2v) is 6.70. The van der Waals surface area contributed by atoms with Gasteiger partial charge < -0.3 is 9.47 Å². The monoisotopic (exact) mass is 338 g/mol. The Morgan fingerprint density at radius 3 is 2.65 bits per heavy atom. The van der Waals surface area contributed by atoms with Gasteiger partial charge in [-0.1, -0.05) is 18.7 Å². The van der Waals surface area contributed by atoms with Crippen molar-refractivity contribution in [3.8, 4) is 11.1 Å². The van der Waals surface area contributed by atoms with E-state index in [1.807, 2.05) is 12.4 Å². The Hall–Kier alpha value is -3.40. The number of aromatic nitrogens is 3. The zero-order chi connectivity index (χ0) is 17.7. The summed E-state index contributed by atoms with van der Waals surface area (Å²) in [6.07, 6.45) is 7.33. The van der Waals surface area contributed by atoms with Crippen molar-refractivity contribution in [3.05, 3.63) is 85.1 Å². The summed E-state index contributed by atoms with van der Waals surface area (Å²) in [5.41, 5.74) is 8.08. The number of rotatable bonds is 2. The lowest BCUT2D eigenvalue weighted by molar-refractivity contribution is 0.968. The van der Waals surface area contributed by atoms with Crippen LogP contribution in [0.3, 0.4) is 0 Å². The first kappa shape index (κ1) is 14.9. The van der Waals surface area contributed by atoms with Crippen LogP contribution in [0.25, 0.3) is 27.7 Å². The van der Waals surface area contributed by atoms with E-state index in [2.05, 4.69) is 81.7 Å². The highest BCUT2D eigenvalue weighted by Gasteiger charge is 2.24. The minimum Gasteiger partial charge on any atom is -0.351 e. The first-order valence-electron chi connectivity index (χ1n) is 8.61. The van der Waals surface area contributed by atoms with Gasteiger partial charge in [0.05, 0.1) is 0 Å². The summed E-state index contributed by atoms with van der Waals surface area (Å²) < 4.78 is 2.14. The van der Waals surface area contributed by atoms with Gasteiger partial charge in [0, 0.05) is 65.6 Å². The van der Waals surface area contributed by atoms with Gasteiger partial charge in [0.15, 0.2) is 0 Å². The van der Waals surface area contributed by atoms with E-state index in [0.29, 0.717) is 0 Å². The molecule has 4 heteroatoms. The maximum Gasteiger partial charge on any atom is 0.115 e. The molecule has 126 valence electrons. The fraction of sp³-hybridized carbons (Fsp3) is 0.0909. The minimum atomic E-state index is 0.845. The van der Waals surface area contributed by atoms with Crippen LogP contribution in [0.4, 0.5) is 5.69 Å². The van der Waals surface area contributed by atoms with Gasteiger partial charge >= 0.3 is 0 Å². The third kappa shape index (κ3) is 2.23. The molecule has 26 heavy (non-hydrogen) atoms. The number of anilines is 1. The molecule has 0 spiro atoms. The largest absolute Gasteiger partial charge is 0.351 e. The van der Waals surface area contributed by atoms with E-state index in [4.69, 9.17) is 0 Å². The third-order valence-electron chi connectivity index (χ3n) is 5.15. The molecular weight excluding hydrogens is 320 g/mol. The summed E-state index contributed by atoms with van der Waals surface area (Å²) in [5.74, 6) is 0. The van der Waals surface area contributed by atoms with Crippen LogP contribution in [0.2, 0.25) is 0 Å². The first-order chi connectivity index (χ1) is 12.7. The van der Waals surface area contributed by atoms with Gasteiger partial charge in [0.2, 0.25) is 0 Å². The van der Waals surface area contributed by atoms with Crippen LogP contribution in [-0.4, -0.2) is 14.5 Å². The molecule has 0 fully saturated rings. The Bertz CT molecular complexity index is 1140. The number of hydrogen-bond donors (Lipinski definition) is 0. The second kappa shape index (κ2) is 5.56. The van der Waals surface area contributed by atoms with Gasteiger partial charge in [0.1, 0.15) is 6.33 Å². The van der Waals surface area contributed by atoms with Gasteiger partial charge in [-0.2, -0.15) is 0 Å². The van der Waals surface area contributed by atoms with Crippen LogP contribution >= 0.6 is 0 Å². The molecule has 5 rings (SSSR count). The van der Waals surface area contributed by atoms with Gasteiger partial charge in [-0.3, -0.25) is 0 Å². The number of aryl methyl sites for hydroxylation is 1. The highest BCUT2D eigenvalue weighted by Crippen LogP contribution is 2.38. The van der Waals surface area contributed by atoms with Crippen LogP contribution in [0, 0.1) is 0 Å². The highest BCUT2D eigenvalue weighted by molar-refractivity contribution is 5.90. The fourth-order valence-electron chi connectivity index (χ4n) is 3.71. The van der Waals surface area contributed by atoms with Crippen molar-refractivity contribution in [2.45, 2.75) is 6.54 Å². The lowest BCUT2D eigenvalue weighted by Gasteiger charge is -2.19. The maximum atomic E-state index is 4.36. The van der Waals surface area contributed by atoms with Crippen molar-refractivity contribution in [1.82, 2.24) is 14.5 Å². The van der Waals surface area contributed by atoms with Crippen LogP contribution in [-0.2, 0) is 13.6 Å². The maximum absolute atomic E-state index is 4.36. The summed E-state index contributed by atoms with van der Waals surface area (Å²) >= 11 is 0. The molecule has 3 heterocycles. The molecule has 0 saturated carbocycles. The molecule has 0 N–H and O–H groups in total. The topological polar surface area (TPSA) is 34.0 Å². The average Bonchev–Trinajstić information content (AvgIpc) is 3.22. The molecule has 0 amide bonds. The van der Waals surface area contributed by atoms with E-state index >= 15 is 0 Å². The Labute approximate surface area is 152 Å². The van der Waals surface area contributed by atoms with Crippen molar-refractivity contribution in [1.29, 1.82) is 0 Å². The van der Waals surface area contributed by atoms with Crippen LogP contribution in [0.1, 0.15) is 11.1 Å². The first-order valence-corrected chi connectivity index (χ1v) is 8.61. The second-order valence-electron chi connectivity index (χ2n) is 6.70. The zero-order valence-electron chi connectivity index (χ0n) is 14.6. The van der Waals surface area contributed by atoms with Crippen molar-refractivity contribution in [3.63, 3.8) is 0 Å². The predicted molar refractivity (Wildman–Crippen MR) is 106 cm³/mol. The number of benzene rings is 2. The zero-order valence-corrected chi connectivity index (χ0v) is 14.6. The van der Waals surface area contributed by atoms with Crippen LogP contribution in [0.5, 0.6) is 0 Å². The van der Waals surface area contributed by atoms with E-state index < -0.39 is 0 Å².